The summed E-state index contributed by atoms with van der Waals surface area (Å²) in [5.41, 5.74) is 18.6. The van der Waals surface area contributed by atoms with Crippen molar-refractivity contribution < 1.29 is 4.74 Å². The first-order valence-electron chi connectivity index (χ1n) is 18.7. The molecule has 55 heavy (non-hydrogen) atoms. The van der Waals surface area contributed by atoms with Crippen molar-refractivity contribution >= 4 is 34.2 Å². The van der Waals surface area contributed by atoms with Crippen LogP contribution < -0.4 is 4.74 Å². The molecule has 2 aliphatic heterocycles. The Bertz CT molecular complexity index is 2880. The molecule has 0 amide bonds. The number of aromatic nitrogens is 4. The van der Waals surface area contributed by atoms with Crippen molar-refractivity contribution in [1.29, 1.82) is 0 Å². The Balaban J connectivity index is 1.41. The Kier molecular flexibility index (Phi) is 7.92. The van der Waals surface area contributed by atoms with Crippen LogP contribution in [-0.4, -0.2) is 19.9 Å². The van der Waals surface area contributed by atoms with Crippen LogP contribution in [0.15, 0.2) is 158 Å². The number of fused-ring (bicyclic) bond motifs is 8. The number of benzene rings is 4. The highest BCUT2D eigenvalue weighted by molar-refractivity contribution is 5.98. The summed E-state index contributed by atoms with van der Waals surface area (Å²) in [6, 6.07) is 53.6. The van der Waals surface area contributed by atoms with Crippen molar-refractivity contribution in [3.63, 3.8) is 0 Å². The average Bonchev–Trinajstić information content (AvgIpc) is 4.07. The number of H-pyrrole nitrogens is 3. The summed E-state index contributed by atoms with van der Waals surface area (Å²) >= 11 is 0. The molecule has 0 saturated carbocycles. The van der Waals surface area contributed by atoms with Crippen LogP contribution in [0.3, 0.4) is 0 Å². The molecule has 3 N–H and O–H groups in total. The van der Waals surface area contributed by atoms with Gasteiger partial charge in [-0.2, -0.15) is 0 Å². The van der Waals surface area contributed by atoms with E-state index in [-0.39, 0.29) is 6.10 Å². The van der Waals surface area contributed by atoms with Crippen LogP contribution >= 0.6 is 0 Å². The normalized spacial score (nSPS) is 13.5. The van der Waals surface area contributed by atoms with E-state index in [0.29, 0.717) is 0 Å². The summed E-state index contributed by atoms with van der Waals surface area (Å²) < 4.78 is 7.15. The third-order valence-electron chi connectivity index (χ3n) is 10.7. The zero-order chi connectivity index (χ0) is 36.9. The third-order valence-corrected chi connectivity index (χ3v) is 10.7. The number of hydrogen-bond acceptors (Lipinski definition) is 2. The van der Waals surface area contributed by atoms with Gasteiger partial charge < -0.3 is 19.7 Å². The van der Waals surface area contributed by atoms with Gasteiger partial charge in [-0.05, 0) is 90.7 Å². The molecule has 5 heteroatoms. The summed E-state index contributed by atoms with van der Waals surface area (Å²) in [4.78, 5) is 16.7. The van der Waals surface area contributed by atoms with E-state index in [1.165, 1.54) is 11.1 Å². The summed E-state index contributed by atoms with van der Waals surface area (Å²) in [5, 5.41) is 0. The Labute approximate surface area is 319 Å². The topological polar surface area (TPSA) is 69.5 Å². The van der Waals surface area contributed by atoms with Crippen molar-refractivity contribution in [1.82, 2.24) is 19.9 Å². The maximum atomic E-state index is 7.15. The molecule has 8 bridgehead atoms. The minimum absolute atomic E-state index is 0.384. The number of rotatable bonds is 5. The van der Waals surface area contributed by atoms with Crippen molar-refractivity contribution in [3.8, 4) is 50.3 Å². The Morgan fingerprint density at radius 1 is 0.473 bits per heavy atom. The standard InChI is InChI=1S/C50H38N4O/c1-31-15-19-35(20-16-31)47-39-24-23-38(52-39)46(33-10-5-3-6-11-33)37-30-45(55-50(37)44-14-9-29-51-44)49(34-12-7-4-8-13-34)43-28-27-42(54-43)48(41-26-25-40(47)53-41)36-21-17-32(2)18-22-36/h3-30,50-52,54H,1-2H3/t50-/m1/s1. The monoisotopic (exact) mass is 710 g/mol. The molecule has 264 valence electrons. The van der Waals surface area contributed by atoms with Gasteiger partial charge in [0.05, 0.1) is 22.6 Å². The van der Waals surface area contributed by atoms with Crippen LogP contribution in [-0.2, 0) is 0 Å². The molecular weight excluding hydrogens is 673 g/mol. The minimum atomic E-state index is -0.384. The fraction of sp³-hybridized carbons (Fsp3) is 0.0600. The van der Waals surface area contributed by atoms with E-state index in [1.807, 2.05) is 12.3 Å². The van der Waals surface area contributed by atoms with E-state index in [2.05, 4.69) is 187 Å². The fourth-order valence-electron chi connectivity index (χ4n) is 7.97. The lowest BCUT2D eigenvalue weighted by Gasteiger charge is -2.16. The van der Waals surface area contributed by atoms with Gasteiger partial charge in [-0.1, -0.05) is 120 Å². The second-order valence-electron chi connectivity index (χ2n) is 14.3. The minimum Gasteiger partial charge on any atom is -0.479 e. The second-order valence-corrected chi connectivity index (χ2v) is 14.3. The zero-order valence-electron chi connectivity index (χ0n) is 30.6. The van der Waals surface area contributed by atoms with Crippen molar-refractivity contribution in [2.75, 3.05) is 0 Å². The third kappa shape index (κ3) is 5.87. The molecule has 4 aromatic heterocycles. The molecule has 0 radical (unpaired) electrons. The number of nitrogens with one attached hydrogen (secondary N) is 3. The lowest BCUT2D eigenvalue weighted by Crippen LogP contribution is -2.06. The van der Waals surface area contributed by atoms with E-state index >= 15 is 0 Å². The molecule has 2 aliphatic rings. The molecule has 5 nitrogen and oxygen atoms in total. The molecule has 6 heterocycles. The van der Waals surface area contributed by atoms with E-state index in [1.54, 1.807) is 0 Å². The maximum Gasteiger partial charge on any atom is 0.164 e. The summed E-state index contributed by atoms with van der Waals surface area (Å²) in [6.45, 7) is 4.24. The van der Waals surface area contributed by atoms with Gasteiger partial charge in [0.15, 0.2) is 6.10 Å². The van der Waals surface area contributed by atoms with Crippen LogP contribution in [0.2, 0.25) is 0 Å². The van der Waals surface area contributed by atoms with Crippen LogP contribution in [0.25, 0.3) is 78.7 Å². The number of nitrogens with zero attached hydrogens (tertiary/aromatic N) is 1. The molecule has 4 aromatic carbocycles. The van der Waals surface area contributed by atoms with Crippen LogP contribution in [0.4, 0.5) is 0 Å². The predicted octanol–water partition coefficient (Wildman–Crippen LogP) is 12.9. The van der Waals surface area contributed by atoms with Crippen molar-refractivity contribution in [2.45, 2.75) is 20.0 Å². The number of ether oxygens (including phenoxy) is 1. The summed E-state index contributed by atoms with van der Waals surface area (Å²) in [6.07, 6.45) is 5.88. The van der Waals surface area contributed by atoms with Crippen LogP contribution in [0.1, 0.15) is 39.9 Å². The molecule has 10 rings (SSSR count). The molecule has 0 saturated heterocycles. The molecular formula is C50H38N4O. The summed E-state index contributed by atoms with van der Waals surface area (Å²) in [5.74, 6) is 0.791. The Morgan fingerprint density at radius 2 is 0.945 bits per heavy atom. The number of hydrogen-bond donors (Lipinski definition) is 3. The molecule has 0 spiro atoms. The lowest BCUT2D eigenvalue weighted by molar-refractivity contribution is 0.264. The highest BCUT2D eigenvalue weighted by Gasteiger charge is 2.29. The molecule has 0 unspecified atom stereocenters. The first kappa shape index (κ1) is 32.5. The molecule has 0 aliphatic carbocycles. The van der Waals surface area contributed by atoms with E-state index < -0.39 is 0 Å². The van der Waals surface area contributed by atoms with Gasteiger partial charge in [-0.25, -0.2) is 4.98 Å². The highest BCUT2D eigenvalue weighted by Crippen LogP contribution is 2.46. The SMILES string of the molecule is Cc1ccc(-c2c3nc(c(-c4ccc(C)cc4)c4ccc([nH]4)c(-c4ccccc4)c4cc(c(-c5ccccc5)c5ccc2[nH]5)O[C@H]4c2ccc[nH]2)C=C3)cc1. The first-order valence-corrected chi connectivity index (χ1v) is 18.7. The van der Waals surface area contributed by atoms with E-state index in [9.17, 15) is 0 Å². The maximum absolute atomic E-state index is 7.15. The Hall–Kier alpha value is -7.11. The van der Waals surface area contributed by atoms with Gasteiger partial charge in [0.25, 0.3) is 0 Å². The van der Waals surface area contributed by atoms with Crippen LogP contribution in [0, 0.1) is 13.8 Å². The number of aryl methyl sites for hydroxylation is 2. The van der Waals surface area contributed by atoms with Crippen LogP contribution in [0.5, 0.6) is 5.75 Å². The quantitative estimate of drug-likeness (QED) is 0.166. The average molecular weight is 711 g/mol. The van der Waals surface area contributed by atoms with Crippen molar-refractivity contribution in [3.05, 3.63) is 192 Å². The molecule has 1 atom stereocenters. The Morgan fingerprint density at radius 3 is 1.45 bits per heavy atom. The smallest absolute Gasteiger partial charge is 0.164 e. The van der Waals surface area contributed by atoms with E-state index in [4.69, 9.17) is 9.72 Å². The van der Waals surface area contributed by atoms with Gasteiger partial charge in [-0.3, -0.25) is 0 Å². The van der Waals surface area contributed by atoms with E-state index in [0.717, 1.165) is 95.0 Å². The lowest BCUT2D eigenvalue weighted by atomic mass is 9.96. The van der Waals surface area contributed by atoms with Gasteiger partial charge in [0, 0.05) is 50.6 Å². The van der Waals surface area contributed by atoms with Gasteiger partial charge in [0.1, 0.15) is 5.75 Å². The molecule has 0 fully saturated rings. The largest absolute Gasteiger partial charge is 0.479 e. The summed E-state index contributed by atoms with van der Waals surface area (Å²) in [7, 11) is 0. The number of aromatic amines is 3. The predicted molar refractivity (Wildman–Crippen MR) is 227 cm³/mol. The highest BCUT2D eigenvalue weighted by atomic mass is 16.5. The van der Waals surface area contributed by atoms with Gasteiger partial charge in [0.2, 0.25) is 0 Å². The first-order chi connectivity index (χ1) is 27.1. The van der Waals surface area contributed by atoms with Crippen molar-refractivity contribution in [2.24, 2.45) is 0 Å². The molecule has 8 aromatic rings. The zero-order valence-corrected chi connectivity index (χ0v) is 30.6. The van der Waals surface area contributed by atoms with Gasteiger partial charge in [-0.15, -0.1) is 0 Å². The second kappa shape index (κ2) is 13.4. The fourth-order valence-corrected chi connectivity index (χ4v) is 7.97. The van der Waals surface area contributed by atoms with Gasteiger partial charge >= 0.3 is 0 Å².